The van der Waals surface area contributed by atoms with Gasteiger partial charge in [-0.15, -0.1) is 5.10 Å². The van der Waals surface area contributed by atoms with Crippen LogP contribution in [0.1, 0.15) is 22.3 Å². The van der Waals surface area contributed by atoms with Crippen LogP contribution in [0.2, 0.25) is 0 Å². The highest BCUT2D eigenvalue weighted by molar-refractivity contribution is 5.96. The van der Waals surface area contributed by atoms with E-state index >= 15 is 0 Å². The molecule has 0 aliphatic carbocycles. The number of anilines is 1. The summed E-state index contributed by atoms with van der Waals surface area (Å²) in [6.07, 6.45) is -0.308. The van der Waals surface area contributed by atoms with E-state index in [-0.39, 0.29) is 11.5 Å². The second-order valence-electron chi connectivity index (χ2n) is 8.88. The third-order valence-corrected chi connectivity index (χ3v) is 6.45. The standard InChI is InChI=1S/C22H25F2N9O2/c23-20(24)16-8-26-22(27-9-16)32-5-3-31(4-6-32)19(34)13-30-10-14(11-30)12-33-18-7-15(21(25)35)1-2-17(18)28-29-33/h1-2,7-9,14,20H,3-6,10-13H2,(H2,25,35). The number of piperazine rings is 1. The number of benzene rings is 1. The first-order valence-corrected chi connectivity index (χ1v) is 11.4. The van der Waals surface area contributed by atoms with Gasteiger partial charge in [-0.05, 0) is 18.2 Å². The lowest BCUT2D eigenvalue weighted by molar-refractivity contribution is -0.134. The Kier molecular flexibility index (Phi) is 6.24. The maximum absolute atomic E-state index is 12.7. The molecule has 13 heteroatoms. The van der Waals surface area contributed by atoms with Crippen molar-refractivity contribution in [1.29, 1.82) is 0 Å². The molecule has 2 saturated heterocycles. The molecular formula is C22H25F2N9O2. The Labute approximate surface area is 199 Å². The Morgan fingerprint density at radius 1 is 1.09 bits per heavy atom. The maximum Gasteiger partial charge on any atom is 0.266 e. The van der Waals surface area contributed by atoms with E-state index in [1.165, 1.54) is 0 Å². The van der Waals surface area contributed by atoms with Gasteiger partial charge in [-0.3, -0.25) is 14.5 Å². The summed E-state index contributed by atoms with van der Waals surface area (Å²) in [5.41, 5.74) is 7.05. The lowest BCUT2D eigenvalue weighted by Crippen LogP contribution is -2.55. The summed E-state index contributed by atoms with van der Waals surface area (Å²) >= 11 is 0. The quantitative estimate of drug-likeness (QED) is 0.514. The number of carbonyl (C=O) groups is 2. The molecule has 11 nitrogen and oxygen atoms in total. The predicted molar refractivity (Wildman–Crippen MR) is 122 cm³/mol. The Morgan fingerprint density at radius 2 is 1.80 bits per heavy atom. The number of alkyl halides is 2. The first kappa shape index (κ1) is 23.0. The van der Waals surface area contributed by atoms with E-state index in [0.717, 1.165) is 31.0 Å². The van der Waals surface area contributed by atoms with Gasteiger partial charge in [-0.25, -0.2) is 23.4 Å². The topological polar surface area (TPSA) is 126 Å². The normalized spacial score (nSPS) is 17.2. The van der Waals surface area contributed by atoms with Crippen LogP contribution in [0, 0.1) is 5.92 Å². The van der Waals surface area contributed by atoms with Crippen molar-refractivity contribution in [3.05, 3.63) is 41.7 Å². The van der Waals surface area contributed by atoms with Gasteiger partial charge < -0.3 is 15.5 Å². The van der Waals surface area contributed by atoms with Crippen molar-refractivity contribution in [3.63, 3.8) is 0 Å². The molecule has 2 amide bonds. The molecule has 35 heavy (non-hydrogen) atoms. The van der Waals surface area contributed by atoms with Crippen LogP contribution in [0.3, 0.4) is 0 Å². The monoisotopic (exact) mass is 485 g/mol. The molecule has 0 saturated carbocycles. The Morgan fingerprint density at radius 3 is 2.46 bits per heavy atom. The fourth-order valence-corrected chi connectivity index (χ4v) is 4.47. The highest BCUT2D eigenvalue weighted by atomic mass is 19.3. The number of likely N-dealkylation sites (tertiary alicyclic amines) is 1. The van der Waals surface area contributed by atoms with Gasteiger partial charge >= 0.3 is 0 Å². The molecule has 0 unspecified atom stereocenters. The third-order valence-electron chi connectivity index (χ3n) is 6.45. The molecule has 0 radical (unpaired) electrons. The van der Waals surface area contributed by atoms with Crippen LogP contribution < -0.4 is 10.6 Å². The summed E-state index contributed by atoms with van der Waals surface area (Å²) < 4.78 is 27.1. The van der Waals surface area contributed by atoms with E-state index in [1.54, 1.807) is 22.9 Å². The number of amides is 2. The minimum absolute atomic E-state index is 0.0642. The van der Waals surface area contributed by atoms with Gasteiger partial charge in [0.1, 0.15) is 5.52 Å². The number of primary amides is 1. The molecule has 2 aromatic heterocycles. The van der Waals surface area contributed by atoms with E-state index in [1.807, 2.05) is 9.80 Å². The molecule has 4 heterocycles. The second kappa shape index (κ2) is 9.49. The Bertz CT molecular complexity index is 1220. The van der Waals surface area contributed by atoms with Crippen molar-refractivity contribution >= 4 is 28.8 Å². The van der Waals surface area contributed by atoms with Crippen molar-refractivity contribution < 1.29 is 18.4 Å². The van der Waals surface area contributed by atoms with Crippen molar-refractivity contribution in [3.8, 4) is 0 Å². The van der Waals surface area contributed by atoms with Crippen LogP contribution in [0.5, 0.6) is 0 Å². The highest BCUT2D eigenvalue weighted by Gasteiger charge is 2.31. The maximum atomic E-state index is 12.7. The SMILES string of the molecule is NC(=O)c1ccc2nnn(CC3CN(CC(=O)N4CCN(c5ncc(C(F)F)cn5)CC4)C3)c2c1. The number of nitrogens with zero attached hydrogens (tertiary/aromatic N) is 8. The summed E-state index contributed by atoms with van der Waals surface area (Å²) in [7, 11) is 0. The molecule has 2 aliphatic heterocycles. The van der Waals surface area contributed by atoms with Gasteiger partial charge in [-0.1, -0.05) is 5.21 Å². The summed E-state index contributed by atoms with van der Waals surface area (Å²) in [4.78, 5) is 38.1. The van der Waals surface area contributed by atoms with Crippen LogP contribution in [-0.4, -0.2) is 92.4 Å². The largest absolute Gasteiger partial charge is 0.366 e. The Balaban J connectivity index is 1.08. The molecule has 2 N–H and O–H groups in total. The highest BCUT2D eigenvalue weighted by Crippen LogP contribution is 2.22. The number of hydrogen-bond donors (Lipinski definition) is 1. The molecule has 0 bridgehead atoms. The zero-order chi connectivity index (χ0) is 24.5. The van der Waals surface area contributed by atoms with E-state index in [4.69, 9.17) is 5.73 Å². The molecule has 184 valence electrons. The van der Waals surface area contributed by atoms with E-state index in [2.05, 4.69) is 25.2 Å². The summed E-state index contributed by atoms with van der Waals surface area (Å²) in [5.74, 6) is 0.297. The van der Waals surface area contributed by atoms with Gasteiger partial charge in [0.05, 0.1) is 17.6 Å². The fraction of sp³-hybridized carbons (Fsp3) is 0.455. The lowest BCUT2D eigenvalue weighted by Gasteiger charge is -2.41. The summed E-state index contributed by atoms with van der Waals surface area (Å²) in [6, 6.07) is 5.07. The predicted octanol–water partition coefficient (Wildman–Crippen LogP) is 0.538. The summed E-state index contributed by atoms with van der Waals surface area (Å²) in [5, 5.41) is 8.33. The smallest absolute Gasteiger partial charge is 0.266 e. The van der Waals surface area contributed by atoms with Crippen LogP contribution in [-0.2, 0) is 11.3 Å². The molecule has 1 aromatic carbocycles. The van der Waals surface area contributed by atoms with Crippen molar-refractivity contribution in [1.82, 2.24) is 34.8 Å². The van der Waals surface area contributed by atoms with Gasteiger partial charge in [0, 0.05) is 69.7 Å². The van der Waals surface area contributed by atoms with Crippen molar-refractivity contribution in [2.45, 2.75) is 13.0 Å². The minimum atomic E-state index is -2.59. The van der Waals surface area contributed by atoms with Crippen molar-refractivity contribution in [2.75, 3.05) is 50.7 Å². The molecule has 0 spiro atoms. The minimum Gasteiger partial charge on any atom is -0.366 e. The van der Waals surface area contributed by atoms with E-state index < -0.39 is 12.3 Å². The van der Waals surface area contributed by atoms with Gasteiger partial charge in [-0.2, -0.15) is 0 Å². The lowest BCUT2D eigenvalue weighted by atomic mass is 10.00. The van der Waals surface area contributed by atoms with E-state index in [9.17, 15) is 18.4 Å². The first-order valence-electron chi connectivity index (χ1n) is 11.4. The average Bonchev–Trinajstić information content (AvgIpc) is 3.24. The molecule has 3 aromatic rings. The van der Waals surface area contributed by atoms with Gasteiger partial charge in [0.2, 0.25) is 17.8 Å². The first-order chi connectivity index (χ1) is 16.9. The number of aromatic nitrogens is 5. The molecule has 5 rings (SSSR count). The number of rotatable bonds is 7. The van der Waals surface area contributed by atoms with Crippen molar-refractivity contribution in [2.24, 2.45) is 11.7 Å². The molecule has 2 aliphatic rings. The van der Waals surface area contributed by atoms with E-state index in [0.29, 0.717) is 62.2 Å². The third kappa shape index (κ3) is 4.90. The number of carbonyl (C=O) groups excluding carboxylic acids is 2. The average molecular weight is 485 g/mol. The van der Waals surface area contributed by atoms with Gasteiger partial charge in [0.15, 0.2) is 0 Å². The summed E-state index contributed by atoms with van der Waals surface area (Å²) in [6.45, 7) is 4.70. The zero-order valence-electron chi connectivity index (χ0n) is 18.9. The second-order valence-corrected chi connectivity index (χ2v) is 8.88. The number of fused-ring (bicyclic) bond motifs is 1. The number of halogens is 2. The fourth-order valence-electron chi connectivity index (χ4n) is 4.47. The molecule has 0 atom stereocenters. The number of nitrogens with two attached hydrogens (primary N) is 1. The molecular weight excluding hydrogens is 460 g/mol. The Hall–Kier alpha value is -3.74. The van der Waals surface area contributed by atoms with Gasteiger partial charge in [0.25, 0.3) is 6.43 Å². The van der Waals surface area contributed by atoms with Crippen LogP contribution >= 0.6 is 0 Å². The van der Waals surface area contributed by atoms with Crippen LogP contribution in [0.4, 0.5) is 14.7 Å². The number of hydrogen-bond acceptors (Lipinski definition) is 8. The molecule has 2 fully saturated rings. The van der Waals surface area contributed by atoms with Crippen LogP contribution in [0.15, 0.2) is 30.6 Å². The zero-order valence-corrected chi connectivity index (χ0v) is 18.9. The van der Waals surface area contributed by atoms with Crippen LogP contribution in [0.25, 0.3) is 11.0 Å².